The summed E-state index contributed by atoms with van der Waals surface area (Å²) >= 11 is 0. The lowest BCUT2D eigenvalue weighted by Gasteiger charge is -2.34. The van der Waals surface area contributed by atoms with Crippen LogP contribution in [-0.4, -0.2) is 5.11 Å². The molecule has 2 nitrogen and oxygen atoms in total. The smallest absolute Gasteiger partial charge is 0.0902 e. The molecule has 8 rings (SSSR count). The summed E-state index contributed by atoms with van der Waals surface area (Å²) in [6.45, 7) is 11.1. The third-order valence-electron chi connectivity index (χ3n) is 10.2. The van der Waals surface area contributed by atoms with Crippen LogP contribution in [0.1, 0.15) is 75.1 Å². The average molecular weight is 630 g/mol. The van der Waals surface area contributed by atoms with Crippen molar-refractivity contribution in [1.82, 2.24) is 0 Å². The summed E-state index contributed by atoms with van der Waals surface area (Å²) in [5.41, 5.74) is 8.04. The number of hydrogen-bond donors (Lipinski definition) is 1. The Kier molecular flexibility index (Phi) is 8.48. The van der Waals surface area contributed by atoms with Crippen LogP contribution in [0.5, 0.6) is 0 Å². The van der Waals surface area contributed by atoms with Gasteiger partial charge in [0.05, 0.1) is 5.60 Å². The molecule has 1 aliphatic carbocycles. The molecule has 1 fully saturated rings. The Morgan fingerprint density at radius 1 is 0.542 bits per heavy atom. The highest BCUT2D eigenvalue weighted by Crippen LogP contribution is 2.44. The van der Waals surface area contributed by atoms with Crippen molar-refractivity contribution in [2.24, 2.45) is 0 Å². The van der Waals surface area contributed by atoms with Gasteiger partial charge in [-0.25, -0.2) is 0 Å². The molecule has 1 N–H and O–H groups in total. The first-order valence-corrected chi connectivity index (χ1v) is 17.5. The Labute approximate surface area is 286 Å². The number of aryl methyl sites for hydroxylation is 2. The molecule has 0 radical (unpaired) electrons. The number of anilines is 3. The van der Waals surface area contributed by atoms with E-state index in [9.17, 15) is 5.11 Å². The molecule has 48 heavy (non-hydrogen) atoms. The maximum absolute atomic E-state index is 11.4. The van der Waals surface area contributed by atoms with Gasteiger partial charge in [-0.1, -0.05) is 142 Å². The van der Waals surface area contributed by atoms with Crippen molar-refractivity contribution in [1.29, 1.82) is 0 Å². The summed E-state index contributed by atoms with van der Waals surface area (Å²) in [7, 11) is 0. The fraction of sp³-hybridized carbons (Fsp3) is 0.261. The summed E-state index contributed by atoms with van der Waals surface area (Å²) < 4.78 is 0. The highest BCUT2D eigenvalue weighted by atomic mass is 16.3. The molecule has 7 aromatic carbocycles. The summed E-state index contributed by atoms with van der Waals surface area (Å²) in [5.74, 6) is 0. The third kappa shape index (κ3) is 6.18. The minimum absolute atomic E-state index is 0.132. The zero-order chi connectivity index (χ0) is 33.5. The monoisotopic (exact) mass is 629 g/mol. The summed E-state index contributed by atoms with van der Waals surface area (Å²) in [6, 6.07) is 45.8. The van der Waals surface area contributed by atoms with Crippen LogP contribution in [0.2, 0.25) is 0 Å². The Morgan fingerprint density at radius 3 is 1.60 bits per heavy atom. The van der Waals surface area contributed by atoms with Gasteiger partial charge in [-0.15, -0.1) is 0 Å². The molecule has 0 saturated heterocycles. The lowest BCUT2D eigenvalue weighted by atomic mass is 9.76. The minimum atomic E-state index is -0.670. The van der Waals surface area contributed by atoms with E-state index in [0.717, 1.165) is 31.2 Å². The van der Waals surface area contributed by atoms with E-state index in [1.807, 2.05) is 6.07 Å². The second-order valence-corrected chi connectivity index (χ2v) is 14.9. The SMILES string of the molecule is CC(C)(C)c1cc2ccc3ccc(C4(O)CCCCC4)c4ccc(c1)c2c34.Cc1ccc(N(c2ccccc2)c2ccc(C)cc2)cc1. The molecule has 0 unspecified atom stereocenters. The molecule has 0 aromatic heterocycles. The largest absolute Gasteiger partial charge is 0.385 e. The van der Waals surface area contributed by atoms with Gasteiger partial charge in [-0.3, -0.25) is 0 Å². The van der Waals surface area contributed by atoms with E-state index in [1.165, 1.54) is 72.5 Å². The van der Waals surface area contributed by atoms with Crippen LogP contribution in [0.3, 0.4) is 0 Å². The van der Waals surface area contributed by atoms with Crippen molar-refractivity contribution < 1.29 is 5.11 Å². The number of benzene rings is 7. The topological polar surface area (TPSA) is 23.5 Å². The first-order valence-electron chi connectivity index (χ1n) is 17.5. The molecule has 0 aliphatic heterocycles. The van der Waals surface area contributed by atoms with Crippen LogP contribution in [0.15, 0.2) is 127 Å². The Bertz CT molecular complexity index is 2080. The third-order valence-corrected chi connectivity index (χ3v) is 10.2. The predicted octanol–water partition coefficient (Wildman–Crippen LogP) is 12.8. The van der Waals surface area contributed by atoms with Crippen LogP contribution < -0.4 is 4.90 Å². The van der Waals surface area contributed by atoms with Crippen molar-refractivity contribution in [3.8, 4) is 0 Å². The summed E-state index contributed by atoms with van der Waals surface area (Å²) in [5, 5.41) is 19.2. The summed E-state index contributed by atoms with van der Waals surface area (Å²) in [4.78, 5) is 2.28. The van der Waals surface area contributed by atoms with Gasteiger partial charge in [-0.2, -0.15) is 0 Å². The lowest BCUT2D eigenvalue weighted by Crippen LogP contribution is -2.28. The molecule has 0 atom stereocenters. The minimum Gasteiger partial charge on any atom is -0.385 e. The number of para-hydroxylation sites is 1. The molecule has 0 bridgehead atoms. The molecular formula is C46H47NO. The van der Waals surface area contributed by atoms with Gasteiger partial charge in [-0.05, 0) is 112 Å². The van der Waals surface area contributed by atoms with E-state index < -0.39 is 5.60 Å². The first kappa shape index (κ1) is 31.9. The lowest BCUT2D eigenvalue weighted by molar-refractivity contribution is 0.000782. The molecule has 0 spiro atoms. The van der Waals surface area contributed by atoms with Crippen molar-refractivity contribution in [3.63, 3.8) is 0 Å². The van der Waals surface area contributed by atoms with Gasteiger partial charge in [0, 0.05) is 17.1 Å². The molecule has 7 aromatic rings. The van der Waals surface area contributed by atoms with Gasteiger partial charge in [0.1, 0.15) is 0 Å². The zero-order valence-corrected chi connectivity index (χ0v) is 29.1. The van der Waals surface area contributed by atoms with Gasteiger partial charge in [0.25, 0.3) is 0 Å². The maximum Gasteiger partial charge on any atom is 0.0902 e. The Hall–Kier alpha value is -4.66. The van der Waals surface area contributed by atoms with Crippen LogP contribution in [0.25, 0.3) is 32.3 Å². The Balaban J connectivity index is 0.000000157. The number of hydrogen-bond acceptors (Lipinski definition) is 2. The van der Waals surface area contributed by atoms with E-state index in [0.29, 0.717) is 0 Å². The molecule has 0 heterocycles. The van der Waals surface area contributed by atoms with Crippen molar-refractivity contribution in [2.75, 3.05) is 4.90 Å². The molecule has 1 aliphatic rings. The second-order valence-electron chi connectivity index (χ2n) is 14.9. The van der Waals surface area contributed by atoms with E-state index >= 15 is 0 Å². The summed E-state index contributed by atoms with van der Waals surface area (Å²) in [6.07, 6.45) is 5.24. The molecule has 242 valence electrons. The van der Waals surface area contributed by atoms with E-state index in [4.69, 9.17) is 0 Å². The second kappa shape index (κ2) is 12.7. The van der Waals surface area contributed by atoms with Gasteiger partial charge in [0.2, 0.25) is 0 Å². The van der Waals surface area contributed by atoms with Gasteiger partial charge < -0.3 is 10.0 Å². The van der Waals surface area contributed by atoms with E-state index in [1.54, 1.807) is 0 Å². The van der Waals surface area contributed by atoms with Crippen molar-refractivity contribution in [2.45, 2.75) is 77.7 Å². The van der Waals surface area contributed by atoms with Gasteiger partial charge in [0.15, 0.2) is 0 Å². The fourth-order valence-corrected chi connectivity index (χ4v) is 7.48. The Morgan fingerprint density at radius 2 is 1.04 bits per heavy atom. The number of rotatable bonds is 4. The highest BCUT2D eigenvalue weighted by molar-refractivity contribution is 6.23. The van der Waals surface area contributed by atoms with Crippen LogP contribution in [0.4, 0.5) is 17.1 Å². The number of aliphatic hydroxyl groups is 1. The first-order chi connectivity index (χ1) is 23.1. The molecule has 0 amide bonds. The van der Waals surface area contributed by atoms with Gasteiger partial charge >= 0.3 is 0 Å². The van der Waals surface area contributed by atoms with E-state index in [-0.39, 0.29) is 5.41 Å². The van der Waals surface area contributed by atoms with E-state index in [2.05, 4.69) is 161 Å². The maximum atomic E-state index is 11.4. The van der Waals surface area contributed by atoms with Crippen molar-refractivity contribution >= 4 is 49.4 Å². The highest BCUT2D eigenvalue weighted by Gasteiger charge is 2.33. The standard InChI is InChI=1S/C26H28O.C20H19N/c1-25(2,3)20-15-18-8-7-17-10-12-22(26(27)13-5-4-6-14-26)21-11-9-19(16-20)23(18)24(17)21;1-16-8-12-19(13-9-16)21(18-6-4-3-5-7-18)20-14-10-17(2)11-15-20/h7-12,15-16,27H,4-6,13-14H2,1-3H3;3-15H,1-2H3. The number of nitrogens with zero attached hydrogens (tertiary/aromatic N) is 1. The fourth-order valence-electron chi connectivity index (χ4n) is 7.48. The molecule has 1 saturated carbocycles. The molecule has 2 heteroatoms. The van der Waals surface area contributed by atoms with Crippen LogP contribution in [-0.2, 0) is 11.0 Å². The predicted molar refractivity (Wildman–Crippen MR) is 206 cm³/mol. The van der Waals surface area contributed by atoms with Crippen LogP contribution in [0, 0.1) is 13.8 Å². The quantitative estimate of drug-likeness (QED) is 0.196. The van der Waals surface area contributed by atoms with Crippen molar-refractivity contribution in [3.05, 3.63) is 150 Å². The van der Waals surface area contributed by atoms with Crippen LogP contribution >= 0.6 is 0 Å². The average Bonchev–Trinajstić information content (AvgIpc) is 3.09. The zero-order valence-electron chi connectivity index (χ0n) is 29.1. The molecular weight excluding hydrogens is 583 g/mol. The normalized spacial score (nSPS) is 14.6.